The summed E-state index contributed by atoms with van der Waals surface area (Å²) in [5.41, 5.74) is 0. The lowest BCUT2D eigenvalue weighted by atomic mass is 10.4. The maximum Gasteiger partial charge on any atom is 0.180 e. The van der Waals surface area contributed by atoms with Crippen LogP contribution in [0.2, 0.25) is 0 Å². The Morgan fingerprint density at radius 3 is 3.14 bits per heavy atom. The van der Waals surface area contributed by atoms with Gasteiger partial charge in [0.15, 0.2) is 6.39 Å². The zero-order valence-electron chi connectivity index (χ0n) is 8.57. The highest BCUT2D eigenvalue weighted by atomic mass is 16.3. The summed E-state index contributed by atoms with van der Waals surface area (Å²) in [6.45, 7) is 2.89. The molecule has 4 nitrogen and oxygen atoms in total. The lowest BCUT2D eigenvalue weighted by Crippen LogP contribution is -2.30. The maximum absolute atomic E-state index is 5.11. The lowest BCUT2D eigenvalue weighted by molar-refractivity contribution is 0.319. The van der Waals surface area contributed by atoms with Crippen molar-refractivity contribution in [3.63, 3.8) is 0 Å². The molecule has 0 aliphatic heterocycles. The summed E-state index contributed by atoms with van der Waals surface area (Å²) in [5, 5.41) is 3.33. The third kappa shape index (κ3) is 2.82. The summed E-state index contributed by atoms with van der Waals surface area (Å²) in [6, 6.07) is 0.849. The number of aromatic nitrogens is 1. The Balaban J connectivity index is 1.54. The van der Waals surface area contributed by atoms with Gasteiger partial charge in [-0.2, -0.15) is 0 Å². The van der Waals surface area contributed by atoms with Gasteiger partial charge in [0.25, 0.3) is 0 Å². The van der Waals surface area contributed by atoms with Gasteiger partial charge in [0, 0.05) is 19.1 Å². The highest BCUT2D eigenvalue weighted by molar-refractivity contribution is 4.87. The zero-order valence-corrected chi connectivity index (χ0v) is 8.57. The molecule has 1 heterocycles. The summed E-state index contributed by atoms with van der Waals surface area (Å²) < 4.78 is 5.11. The minimum Gasteiger partial charge on any atom is -0.447 e. The molecule has 14 heavy (non-hydrogen) atoms. The largest absolute Gasteiger partial charge is 0.447 e. The molecule has 0 amide bonds. The second kappa shape index (κ2) is 4.57. The Morgan fingerprint density at radius 1 is 1.64 bits per heavy atom. The molecule has 0 saturated heterocycles. The van der Waals surface area contributed by atoms with E-state index in [1.807, 2.05) is 0 Å². The fraction of sp³-hybridized carbons (Fsp3) is 0.700. The van der Waals surface area contributed by atoms with Gasteiger partial charge in [-0.15, -0.1) is 0 Å². The Bertz CT molecular complexity index is 256. The van der Waals surface area contributed by atoms with Crippen molar-refractivity contribution in [2.24, 2.45) is 0 Å². The summed E-state index contributed by atoms with van der Waals surface area (Å²) in [6.07, 6.45) is 5.96. The monoisotopic (exact) mass is 195 g/mol. The van der Waals surface area contributed by atoms with Crippen LogP contribution >= 0.6 is 0 Å². The number of likely N-dealkylation sites (N-methyl/N-ethyl adjacent to an activating group) is 1. The first-order chi connectivity index (χ1) is 6.86. The van der Waals surface area contributed by atoms with Crippen molar-refractivity contribution in [2.75, 3.05) is 20.1 Å². The van der Waals surface area contributed by atoms with E-state index in [1.165, 1.54) is 19.2 Å². The first-order valence-electron chi connectivity index (χ1n) is 5.14. The van der Waals surface area contributed by atoms with Crippen molar-refractivity contribution in [3.05, 3.63) is 18.4 Å². The predicted molar refractivity (Wildman–Crippen MR) is 53.9 cm³/mol. The van der Waals surface area contributed by atoms with E-state index >= 15 is 0 Å². The molecule has 1 aliphatic carbocycles. The first kappa shape index (κ1) is 9.68. The number of hydrogen-bond acceptors (Lipinski definition) is 4. The fourth-order valence-corrected chi connectivity index (χ4v) is 1.49. The van der Waals surface area contributed by atoms with Crippen LogP contribution in [0.3, 0.4) is 0 Å². The van der Waals surface area contributed by atoms with Crippen molar-refractivity contribution in [1.29, 1.82) is 0 Å². The third-order valence-corrected chi connectivity index (χ3v) is 2.59. The van der Waals surface area contributed by atoms with Crippen molar-refractivity contribution >= 4 is 0 Å². The standard InChI is InChI=1S/C10H17N3O/c1-13(9-2-3-9)5-4-11-6-10-7-12-8-14-10/h7-9,11H,2-6H2,1H3. The highest BCUT2D eigenvalue weighted by Gasteiger charge is 2.25. The second-order valence-corrected chi connectivity index (χ2v) is 3.86. The lowest BCUT2D eigenvalue weighted by Gasteiger charge is -2.15. The van der Waals surface area contributed by atoms with E-state index in [2.05, 4.69) is 22.2 Å². The Morgan fingerprint density at radius 2 is 2.50 bits per heavy atom. The summed E-state index contributed by atoms with van der Waals surface area (Å²) in [7, 11) is 2.19. The summed E-state index contributed by atoms with van der Waals surface area (Å²) >= 11 is 0. The minimum absolute atomic E-state index is 0.776. The van der Waals surface area contributed by atoms with Crippen molar-refractivity contribution in [2.45, 2.75) is 25.4 Å². The van der Waals surface area contributed by atoms with E-state index in [0.29, 0.717) is 0 Å². The Hall–Kier alpha value is -0.870. The van der Waals surface area contributed by atoms with E-state index in [4.69, 9.17) is 4.42 Å². The van der Waals surface area contributed by atoms with Gasteiger partial charge in [-0.1, -0.05) is 0 Å². The highest BCUT2D eigenvalue weighted by Crippen LogP contribution is 2.24. The molecule has 0 bridgehead atoms. The van der Waals surface area contributed by atoms with E-state index in [-0.39, 0.29) is 0 Å². The Kier molecular flexibility index (Phi) is 3.16. The van der Waals surface area contributed by atoms with E-state index in [1.54, 1.807) is 6.20 Å². The van der Waals surface area contributed by atoms with Gasteiger partial charge in [0.1, 0.15) is 5.76 Å². The molecule has 1 aliphatic rings. The van der Waals surface area contributed by atoms with Crippen LogP contribution in [0.25, 0.3) is 0 Å². The predicted octanol–water partition coefficient (Wildman–Crippen LogP) is 0.858. The van der Waals surface area contributed by atoms with Gasteiger partial charge in [-0.3, -0.25) is 0 Å². The normalized spacial score (nSPS) is 16.4. The van der Waals surface area contributed by atoms with E-state index in [0.717, 1.165) is 31.4 Å². The number of nitrogens with one attached hydrogen (secondary N) is 1. The molecule has 1 aromatic heterocycles. The van der Waals surface area contributed by atoms with E-state index < -0.39 is 0 Å². The van der Waals surface area contributed by atoms with Crippen LogP contribution in [-0.4, -0.2) is 36.1 Å². The molecule has 0 atom stereocenters. The molecule has 1 N–H and O–H groups in total. The van der Waals surface area contributed by atoms with Gasteiger partial charge in [0.05, 0.1) is 12.7 Å². The smallest absolute Gasteiger partial charge is 0.180 e. The average Bonchev–Trinajstić information content (AvgIpc) is 2.92. The fourth-order valence-electron chi connectivity index (χ4n) is 1.49. The van der Waals surface area contributed by atoms with Crippen LogP contribution in [0.1, 0.15) is 18.6 Å². The van der Waals surface area contributed by atoms with Gasteiger partial charge in [0.2, 0.25) is 0 Å². The molecule has 0 spiro atoms. The van der Waals surface area contributed by atoms with E-state index in [9.17, 15) is 0 Å². The second-order valence-electron chi connectivity index (χ2n) is 3.86. The number of oxazole rings is 1. The molecule has 1 fully saturated rings. The summed E-state index contributed by atoms with van der Waals surface area (Å²) in [4.78, 5) is 6.27. The molecule has 78 valence electrons. The SMILES string of the molecule is CN(CCNCc1cnco1)C1CC1. The molecule has 4 heteroatoms. The molecular weight excluding hydrogens is 178 g/mol. The third-order valence-electron chi connectivity index (χ3n) is 2.59. The molecule has 2 rings (SSSR count). The van der Waals surface area contributed by atoms with Crippen LogP contribution < -0.4 is 5.32 Å². The summed E-state index contributed by atoms with van der Waals surface area (Å²) in [5.74, 6) is 0.902. The van der Waals surface area contributed by atoms with Crippen LogP contribution in [0.15, 0.2) is 17.0 Å². The first-order valence-corrected chi connectivity index (χ1v) is 5.14. The average molecular weight is 195 g/mol. The molecule has 0 radical (unpaired) electrons. The Labute approximate surface area is 84.3 Å². The van der Waals surface area contributed by atoms with Crippen LogP contribution in [0.5, 0.6) is 0 Å². The maximum atomic E-state index is 5.11. The number of hydrogen-bond donors (Lipinski definition) is 1. The van der Waals surface area contributed by atoms with Gasteiger partial charge in [-0.25, -0.2) is 4.98 Å². The molecule has 0 unspecified atom stereocenters. The molecular formula is C10H17N3O. The number of rotatable bonds is 6. The quantitative estimate of drug-likeness (QED) is 0.683. The van der Waals surface area contributed by atoms with Gasteiger partial charge >= 0.3 is 0 Å². The molecule has 0 aromatic carbocycles. The zero-order chi connectivity index (χ0) is 9.80. The van der Waals surface area contributed by atoms with Crippen molar-refractivity contribution in [3.8, 4) is 0 Å². The van der Waals surface area contributed by atoms with Crippen LogP contribution in [0.4, 0.5) is 0 Å². The van der Waals surface area contributed by atoms with Crippen molar-refractivity contribution < 1.29 is 4.42 Å². The number of nitrogens with zero attached hydrogens (tertiary/aromatic N) is 2. The van der Waals surface area contributed by atoms with Gasteiger partial charge in [-0.05, 0) is 19.9 Å². The van der Waals surface area contributed by atoms with Crippen LogP contribution in [0, 0.1) is 0 Å². The van der Waals surface area contributed by atoms with Crippen molar-refractivity contribution in [1.82, 2.24) is 15.2 Å². The van der Waals surface area contributed by atoms with Gasteiger partial charge < -0.3 is 14.6 Å². The topological polar surface area (TPSA) is 41.3 Å². The molecule has 1 aromatic rings. The van der Waals surface area contributed by atoms with Crippen LogP contribution in [-0.2, 0) is 6.54 Å². The minimum atomic E-state index is 0.776. The molecule has 1 saturated carbocycles.